The van der Waals surface area contributed by atoms with Gasteiger partial charge in [-0.25, -0.2) is 9.97 Å². The summed E-state index contributed by atoms with van der Waals surface area (Å²) in [7, 11) is 0. The normalized spacial score (nSPS) is 13.2. The van der Waals surface area contributed by atoms with Crippen molar-refractivity contribution in [2.24, 2.45) is 0 Å². The first-order valence-electron chi connectivity index (χ1n) is 7.49. The largest absolute Gasteiger partial charge is 0.366 e. The Hall–Kier alpha value is -1.65. The highest BCUT2D eigenvalue weighted by molar-refractivity contribution is 5.87. The van der Waals surface area contributed by atoms with Gasteiger partial charge in [0.1, 0.15) is 16.9 Å². The lowest BCUT2D eigenvalue weighted by atomic mass is 10.2. The quantitative estimate of drug-likeness (QED) is 0.907. The van der Waals surface area contributed by atoms with Crippen molar-refractivity contribution in [1.29, 1.82) is 0 Å². The van der Waals surface area contributed by atoms with Gasteiger partial charge >= 0.3 is 0 Å². The Labute approximate surface area is 120 Å². The smallest absolute Gasteiger partial charge is 0.156 e. The van der Waals surface area contributed by atoms with Gasteiger partial charge in [0.05, 0.1) is 5.69 Å². The van der Waals surface area contributed by atoms with E-state index >= 15 is 0 Å². The van der Waals surface area contributed by atoms with Crippen LogP contribution in [0.1, 0.15) is 58.5 Å². The molecule has 0 saturated heterocycles. The first kappa shape index (κ1) is 14.8. The van der Waals surface area contributed by atoms with Gasteiger partial charge in [0, 0.05) is 18.5 Å². The Kier molecular flexibility index (Phi) is 4.26. The van der Waals surface area contributed by atoms with Crippen molar-refractivity contribution in [2.45, 2.75) is 66.5 Å². The van der Waals surface area contributed by atoms with Crippen molar-refractivity contribution in [2.75, 3.05) is 5.32 Å². The number of hydrogen-bond donors (Lipinski definition) is 1. The Morgan fingerprint density at radius 3 is 2.40 bits per heavy atom. The first-order valence-corrected chi connectivity index (χ1v) is 7.49. The standard InChI is InChI=1S/C15H25N5/c1-7-10(5)16-15-13-12(11(6)19-20(13)8-2)17-14(18-15)9(3)4/h9-10H,7-8H2,1-6H3,(H,16,17,18). The van der Waals surface area contributed by atoms with Crippen LogP contribution in [0.5, 0.6) is 0 Å². The number of aryl methyl sites for hydroxylation is 2. The van der Waals surface area contributed by atoms with Gasteiger partial charge < -0.3 is 5.32 Å². The highest BCUT2D eigenvalue weighted by Gasteiger charge is 2.18. The van der Waals surface area contributed by atoms with Gasteiger partial charge in [-0.2, -0.15) is 5.10 Å². The number of aromatic nitrogens is 4. The molecule has 110 valence electrons. The SMILES string of the molecule is CCC(C)Nc1nc(C(C)C)nc2c(C)nn(CC)c12. The Morgan fingerprint density at radius 2 is 1.85 bits per heavy atom. The zero-order valence-electron chi connectivity index (χ0n) is 13.4. The number of rotatable bonds is 5. The summed E-state index contributed by atoms with van der Waals surface area (Å²) in [5, 5.41) is 8.08. The molecule has 1 N–H and O–H groups in total. The van der Waals surface area contributed by atoms with Crippen LogP contribution in [0, 0.1) is 6.92 Å². The van der Waals surface area contributed by atoms with Crippen molar-refractivity contribution in [3.05, 3.63) is 11.5 Å². The molecule has 0 aliphatic heterocycles. The fraction of sp³-hybridized carbons (Fsp3) is 0.667. The maximum Gasteiger partial charge on any atom is 0.156 e. The average molecular weight is 275 g/mol. The summed E-state index contributed by atoms with van der Waals surface area (Å²) >= 11 is 0. The number of nitrogens with one attached hydrogen (secondary N) is 1. The molecule has 20 heavy (non-hydrogen) atoms. The lowest BCUT2D eigenvalue weighted by Gasteiger charge is -2.15. The van der Waals surface area contributed by atoms with Crippen molar-refractivity contribution in [1.82, 2.24) is 19.7 Å². The number of anilines is 1. The summed E-state index contributed by atoms with van der Waals surface area (Å²) < 4.78 is 1.99. The van der Waals surface area contributed by atoms with Gasteiger partial charge in [0.25, 0.3) is 0 Å². The minimum absolute atomic E-state index is 0.307. The van der Waals surface area contributed by atoms with Gasteiger partial charge in [-0.05, 0) is 27.2 Å². The Bertz CT molecular complexity index is 600. The molecule has 5 heteroatoms. The van der Waals surface area contributed by atoms with E-state index in [9.17, 15) is 0 Å². The van der Waals surface area contributed by atoms with Gasteiger partial charge in [0.2, 0.25) is 0 Å². The van der Waals surface area contributed by atoms with Gasteiger partial charge in [-0.15, -0.1) is 0 Å². The monoisotopic (exact) mass is 275 g/mol. The van der Waals surface area contributed by atoms with Crippen LogP contribution in [0.15, 0.2) is 0 Å². The third kappa shape index (κ3) is 2.62. The van der Waals surface area contributed by atoms with Gasteiger partial charge in [0.15, 0.2) is 5.82 Å². The van der Waals surface area contributed by atoms with Crippen LogP contribution in [0.4, 0.5) is 5.82 Å². The van der Waals surface area contributed by atoms with Gasteiger partial charge in [-0.3, -0.25) is 4.68 Å². The van der Waals surface area contributed by atoms with E-state index in [-0.39, 0.29) is 0 Å². The van der Waals surface area contributed by atoms with Crippen LogP contribution in [0.2, 0.25) is 0 Å². The topological polar surface area (TPSA) is 55.6 Å². The van der Waals surface area contributed by atoms with Crippen LogP contribution < -0.4 is 5.32 Å². The van der Waals surface area contributed by atoms with Crippen LogP contribution in [0.25, 0.3) is 11.0 Å². The molecule has 1 atom stereocenters. The molecule has 0 amide bonds. The highest BCUT2D eigenvalue weighted by atomic mass is 15.3. The molecule has 0 aliphatic carbocycles. The summed E-state index contributed by atoms with van der Waals surface area (Å²) in [4.78, 5) is 9.43. The summed E-state index contributed by atoms with van der Waals surface area (Å²) in [5.41, 5.74) is 2.96. The minimum atomic E-state index is 0.307. The minimum Gasteiger partial charge on any atom is -0.366 e. The fourth-order valence-corrected chi connectivity index (χ4v) is 2.17. The second-order valence-electron chi connectivity index (χ2n) is 5.64. The molecule has 2 rings (SSSR count). The molecule has 0 fully saturated rings. The van der Waals surface area contributed by atoms with E-state index in [1.165, 1.54) is 0 Å². The summed E-state index contributed by atoms with van der Waals surface area (Å²) in [6.07, 6.45) is 1.06. The first-order chi connectivity index (χ1) is 9.47. The highest BCUT2D eigenvalue weighted by Crippen LogP contribution is 2.26. The molecular weight excluding hydrogens is 250 g/mol. The molecule has 2 heterocycles. The average Bonchev–Trinajstić information content (AvgIpc) is 2.75. The molecule has 0 radical (unpaired) electrons. The van der Waals surface area contributed by atoms with Crippen molar-refractivity contribution in [3.63, 3.8) is 0 Å². The molecule has 2 aromatic heterocycles. The molecule has 2 aromatic rings. The molecular formula is C15H25N5. The summed E-state index contributed by atoms with van der Waals surface area (Å²) in [6.45, 7) is 13.5. The summed E-state index contributed by atoms with van der Waals surface area (Å²) in [5.74, 6) is 2.10. The zero-order chi connectivity index (χ0) is 14.9. The van der Waals surface area contributed by atoms with Crippen LogP contribution in [0.3, 0.4) is 0 Å². The second kappa shape index (κ2) is 5.77. The van der Waals surface area contributed by atoms with Crippen molar-refractivity contribution >= 4 is 16.9 Å². The molecule has 0 aromatic carbocycles. The maximum atomic E-state index is 4.73. The Morgan fingerprint density at radius 1 is 1.15 bits per heavy atom. The Balaban J connectivity index is 2.66. The van der Waals surface area contributed by atoms with Crippen LogP contribution >= 0.6 is 0 Å². The van der Waals surface area contributed by atoms with E-state index in [2.05, 4.69) is 45.0 Å². The lowest BCUT2D eigenvalue weighted by molar-refractivity contribution is 0.673. The van der Waals surface area contributed by atoms with Crippen molar-refractivity contribution < 1.29 is 0 Å². The van der Waals surface area contributed by atoms with E-state index in [0.29, 0.717) is 12.0 Å². The van der Waals surface area contributed by atoms with E-state index in [0.717, 1.165) is 41.3 Å². The van der Waals surface area contributed by atoms with E-state index < -0.39 is 0 Å². The number of fused-ring (bicyclic) bond motifs is 1. The molecule has 0 saturated carbocycles. The second-order valence-corrected chi connectivity index (χ2v) is 5.64. The predicted molar refractivity (Wildman–Crippen MR) is 83.2 cm³/mol. The lowest BCUT2D eigenvalue weighted by Crippen LogP contribution is -2.17. The molecule has 1 unspecified atom stereocenters. The zero-order valence-corrected chi connectivity index (χ0v) is 13.4. The molecule has 0 spiro atoms. The van der Waals surface area contributed by atoms with Crippen LogP contribution in [-0.4, -0.2) is 25.8 Å². The fourth-order valence-electron chi connectivity index (χ4n) is 2.17. The van der Waals surface area contributed by atoms with E-state index in [1.807, 2.05) is 11.6 Å². The predicted octanol–water partition coefficient (Wildman–Crippen LogP) is 3.49. The number of hydrogen-bond acceptors (Lipinski definition) is 4. The van der Waals surface area contributed by atoms with Gasteiger partial charge in [-0.1, -0.05) is 20.8 Å². The van der Waals surface area contributed by atoms with Crippen molar-refractivity contribution in [3.8, 4) is 0 Å². The molecule has 0 bridgehead atoms. The van der Waals surface area contributed by atoms with Crippen LogP contribution in [-0.2, 0) is 6.54 Å². The number of nitrogens with zero attached hydrogens (tertiary/aromatic N) is 4. The molecule has 0 aliphatic rings. The van der Waals surface area contributed by atoms with E-state index in [4.69, 9.17) is 9.97 Å². The molecule has 5 nitrogen and oxygen atoms in total. The third-order valence-electron chi connectivity index (χ3n) is 3.58. The summed E-state index contributed by atoms with van der Waals surface area (Å²) in [6, 6.07) is 0.383. The van der Waals surface area contributed by atoms with E-state index in [1.54, 1.807) is 0 Å². The maximum absolute atomic E-state index is 4.73. The third-order valence-corrected chi connectivity index (χ3v) is 3.58.